The molecule has 3 aliphatic heterocycles. The van der Waals surface area contributed by atoms with Crippen LogP contribution < -0.4 is 26.2 Å². The molecule has 3 aliphatic rings. The summed E-state index contributed by atoms with van der Waals surface area (Å²) in [6.07, 6.45) is 0. The molecule has 0 unspecified atom stereocenters. The molecule has 6 aromatic carbocycles. The van der Waals surface area contributed by atoms with Gasteiger partial charge in [0.15, 0.2) is 0 Å². The van der Waals surface area contributed by atoms with Gasteiger partial charge in [-0.1, -0.05) is 111 Å². The lowest BCUT2D eigenvalue weighted by Gasteiger charge is -2.47. The normalized spacial score (nSPS) is 19.2. The maximum absolute atomic E-state index is 10.4. The van der Waals surface area contributed by atoms with E-state index in [4.69, 9.17) is 6.85 Å². The molecular formula is C49H48BN3. The standard InChI is InChI=1S/C49H48BN3/c1-29-22-40-44-41(23-29)53-42-27-31(48(5,6)7)25-35-34-24-30(47(2,3)4)20-21-38(34)52(45(35)42)43-28-32(49(8,9)10)26-37(46(43)53)50(44)36-18-14-15-19-39(36)51(40)33-16-12-11-13-17-33/h11-28H,1-10H3/i11D,12D,13D,14D,15D,16D,17D,18D,19D,20D,21D,22D,23D,24D,25D,26D,27D,28D. The highest BCUT2D eigenvalue weighted by molar-refractivity contribution is 7.00. The SMILES string of the molecule is [2H]c1c([2H])c([2H])c(N2c3c([2H])c([2H])c([2H])c([2H])c3B3c4c2c([2H])c(C)c([2H])c4N2c4c3c([2H])c(C(C)(C)C)c([2H])c4-n3c4c([2H])c([2H])c(C(C)(C)C)c([2H])c4c4c([2H])c(C(C)(C)C)c([2H])c2c43)c([2H])c1[2H]. The molecule has 0 bridgehead atoms. The van der Waals surface area contributed by atoms with E-state index in [0.29, 0.717) is 0 Å². The Morgan fingerprint density at radius 1 is 0.509 bits per heavy atom. The molecule has 0 aliphatic carbocycles. The molecule has 4 heterocycles. The van der Waals surface area contributed by atoms with E-state index in [0.717, 1.165) is 4.90 Å². The van der Waals surface area contributed by atoms with Crippen LogP contribution in [0.5, 0.6) is 0 Å². The molecule has 3 nitrogen and oxygen atoms in total. The molecule has 0 atom stereocenters. The average molecular weight is 708 g/mol. The first-order chi connectivity index (χ1) is 32.7. The third-order valence-electron chi connectivity index (χ3n) is 10.4. The number of hydrogen-bond donors (Lipinski definition) is 0. The fourth-order valence-electron chi connectivity index (χ4n) is 7.83. The Morgan fingerprint density at radius 3 is 1.81 bits per heavy atom. The topological polar surface area (TPSA) is 11.4 Å². The third-order valence-corrected chi connectivity index (χ3v) is 10.4. The zero-order valence-corrected chi connectivity index (χ0v) is 31.4. The number of hydrogen-bond acceptors (Lipinski definition) is 2. The highest BCUT2D eigenvalue weighted by Gasteiger charge is 2.47. The van der Waals surface area contributed by atoms with Gasteiger partial charge >= 0.3 is 0 Å². The van der Waals surface area contributed by atoms with Crippen LogP contribution in [-0.2, 0) is 16.2 Å². The van der Waals surface area contributed by atoms with Gasteiger partial charge in [0.1, 0.15) is 0 Å². The van der Waals surface area contributed by atoms with Gasteiger partial charge < -0.3 is 14.4 Å². The Kier molecular flexibility index (Phi) is 3.69. The Morgan fingerprint density at radius 2 is 1.11 bits per heavy atom. The molecule has 0 amide bonds. The summed E-state index contributed by atoms with van der Waals surface area (Å²) in [5.41, 5.74) is -3.39. The van der Waals surface area contributed by atoms with Gasteiger partial charge in [0.2, 0.25) is 0 Å². The van der Waals surface area contributed by atoms with Gasteiger partial charge in [0.25, 0.3) is 6.71 Å². The lowest BCUT2D eigenvalue weighted by molar-refractivity contribution is 0.590. The van der Waals surface area contributed by atoms with Crippen molar-refractivity contribution < 1.29 is 24.7 Å². The summed E-state index contributed by atoms with van der Waals surface area (Å²) in [5, 5.41) is 0.274. The minimum absolute atomic E-state index is 0.00439. The quantitative estimate of drug-likeness (QED) is 0.157. The van der Waals surface area contributed by atoms with Crippen molar-refractivity contribution in [3.63, 3.8) is 0 Å². The fraction of sp³-hybridized carbons (Fsp3) is 0.265. The molecule has 0 spiro atoms. The van der Waals surface area contributed by atoms with E-state index in [1.165, 1.54) is 6.92 Å². The number of aromatic nitrogens is 1. The van der Waals surface area contributed by atoms with Crippen molar-refractivity contribution in [2.75, 3.05) is 9.80 Å². The minimum atomic E-state index is -1.49. The van der Waals surface area contributed by atoms with E-state index in [9.17, 15) is 17.8 Å². The number of benzene rings is 6. The molecule has 53 heavy (non-hydrogen) atoms. The highest BCUT2D eigenvalue weighted by atomic mass is 15.2. The van der Waals surface area contributed by atoms with Gasteiger partial charge in [-0.25, -0.2) is 0 Å². The van der Waals surface area contributed by atoms with Crippen LogP contribution in [0.4, 0.5) is 34.1 Å². The van der Waals surface area contributed by atoms with Crippen molar-refractivity contribution in [1.29, 1.82) is 0 Å². The van der Waals surface area contributed by atoms with Crippen LogP contribution in [0.15, 0.2) is 109 Å². The number of rotatable bonds is 1. The van der Waals surface area contributed by atoms with Crippen LogP contribution in [0.2, 0.25) is 0 Å². The van der Waals surface area contributed by atoms with Gasteiger partial charge in [0.05, 0.1) is 52.8 Å². The van der Waals surface area contributed by atoms with E-state index in [2.05, 4.69) is 0 Å². The zero-order valence-electron chi connectivity index (χ0n) is 49.4. The molecule has 0 saturated heterocycles. The predicted molar refractivity (Wildman–Crippen MR) is 229 cm³/mol. The highest BCUT2D eigenvalue weighted by Crippen LogP contribution is 2.54. The molecule has 0 saturated carbocycles. The smallest absolute Gasteiger partial charge is 0.252 e. The van der Waals surface area contributed by atoms with Gasteiger partial charge in [0, 0.05) is 33.5 Å². The second-order valence-corrected chi connectivity index (χ2v) is 17.3. The molecule has 0 fully saturated rings. The summed E-state index contributed by atoms with van der Waals surface area (Å²) in [7, 11) is 0. The molecular weight excluding hydrogens is 641 g/mol. The number of para-hydroxylation sites is 2. The van der Waals surface area contributed by atoms with Gasteiger partial charge in [-0.05, 0) is 122 Å². The van der Waals surface area contributed by atoms with Crippen molar-refractivity contribution in [3.05, 3.63) is 131 Å². The van der Waals surface area contributed by atoms with Crippen LogP contribution in [-0.4, -0.2) is 11.3 Å². The second-order valence-electron chi connectivity index (χ2n) is 17.3. The van der Waals surface area contributed by atoms with E-state index in [-0.39, 0.29) is 149 Å². The lowest BCUT2D eigenvalue weighted by atomic mass is 9.33. The average Bonchev–Trinajstić information content (AvgIpc) is 3.62. The Labute approximate surface area is 340 Å². The van der Waals surface area contributed by atoms with Gasteiger partial charge in [-0.15, -0.1) is 0 Å². The fourth-order valence-corrected chi connectivity index (χ4v) is 7.83. The molecule has 0 radical (unpaired) electrons. The molecule has 0 N–H and O–H groups in total. The second kappa shape index (κ2) is 10.5. The first-order valence-electron chi connectivity index (χ1n) is 26.9. The number of fused-ring (bicyclic) bond motifs is 9. The minimum Gasteiger partial charge on any atom is -0.311 e. The molecule has 262 valence electrons. The number of anilines is 6. The van der Waals surface area contributed by atoms with Crippen LogP contribution in [0.3, 0.4) is 0 Å². The molecule has 7 aromatic rings. The summed E-state index contributed by atoms with van der Waals surface area (Å²) < 4.78 is 174. The van der Waals surface area contributed by atoms with E-state index in [1.54, 1.807) is 30.2 Å². The maximum Gasteiger partial charge on any atom is 0.252 e. The molecule has 10 rings (SSSR count). The van der Waals surface area contributed by atoms with Crippen molar-refractivity contribution in [3.8, 4) is 5.69 Å². The van der Waals surface area contributed by atoms with Crippen LogP contribution in [0.1, 0.15) is 109 Å². The maximum atomic E-state index is 10.4. The van der Waals surface area contributed by atoms with Crippen LogP contribution in [0.25, 0.3) is 27.5 Å². The lowest BCUT2D eigenvalue weighted by Crippen LogP contribution is -2.62. The predicted octanol–water partition coefficient (Wildman–Crippen LogP) is 11.4. The zero-order chi connectivity index (χ0) is 52.6. The summed E-state index contributed by atoms with van der Waals surface area (Å²) >= 11 is 0. The summed E-state index contributed by atoms with van der Waals surface area (Å²) in [6.45, 7) is 16.3. The van der Waals surface area contributed by atoms with E-state index >= 15 is 0 Å². The Bertz CT molecular complexity index is 3700. The first kappa shape index (κ1) is 18.7. The largest absolute Gasteiger partial charge is 0.311 e. The molecule has 4 heteroatoms. The monoisotopic (exact) mass is 708 g/mol. The van der Waals surface area contributed by atoms with Crippen molar-refractivity contribution in [1.82, 2.24) is 4.57 Å². The summed E-state index contributed by atoms with van der Waals surface area (Å²) in [5.74, 6) is 0. The van der Waals surface area contributed by atoms with Crippen molar-refractivity contribution in [2.45, 2.75) is 85.5 Å². The summed E-state index contributed by atoms with van der Waals surface area (Å²) in [4.78, 5) is 2.64. The summed E-state index contributed by atoms with van der Waals surface area (Å²) in [6, 6.07) is -8.69. The van der Waals surface area contributed by atoms with Crippen molar-refractivity contribution in [2.24, 2.45) is 0 Å². The Balaban J connectivity index is 1.59. The van der Waals surface area contributed by atoms with E-state index in [1.807, 2.05) is 41.5 Å². The third kappa shape index (κ3) is 4.48. The van der Waals surface area contributed by atoms with E-state index < -0.39 is 83.0 Å². The first-order valence-corrected chi connectivity index (χ1v) is 17.9. The number of nitrogens with zero attached hydrogens (tertiary/aromatic N) is 3. The Hall–Kier alpha value is -5.22. The van der Waals surface area contributed by atoms with Crippen LogP contribution in [0, 0.1) is 6.92 Å². The van der Waals surface area contributed by atoms with Gasteiger partial charge in [-0.3, -0.25) is 0 Å². The molecule has 1 aromatic heterocycles. The van der Waals surface area contributed by atoms with Crippen molar-refractivity contribution >= 4 is 79.0 Å². The van der Waals surface area contributed by atoms with Crippen LogP contribution >= 0.6 is 0 Å². The van der Waals surface area contributed by atoms with Gasteiger partial charge in [-0.2, -0.15) is 0 Å².